The van der Waals surface area contributed by atoms with Crippen LogP contribution in [0.3, 0.4) is 0 Å². The number of anilines is 1. The number of amides is 1. The van der Waals surface area contributed by atoms with Crippen LogP contribution in [-0.2, 0) is 4.79 Å². The molecule has 0 unspecified atom stereocenters. The Balaban J connectivity index is 1.72. The van der Waals surface area contributed by atoms with E-state index in [0.717, 1.165) is 24.4 Å². The van der Waals surface area contributed by atoms with E-state index in [1.54, 1.807) is 0 Å². The molecule has 0 atom stereocenters. The van der Waals surface area contributed by atoms with Crippen molar-refractivity contribution in [1.82, 2.24) is 0 Å². The average Bonchev–Trinajstić information content (AvgIpc) is 3.20. The number of unbranched alkanes of at least 4 members (excludes halogenated alkanes) is 3. The van der Waals surface area contributed by atoms with Gasteiger partial charge in [0.2, 0.25) is 5.91 Å². The quantitative estimate of drug-likeness (QED) is 0.705. The summed E-state index contributed by atoms with van der Waals surface area (Å²) >= 11 is 0. The molecule has 0 saturated heterocycles. The largest absolute Gasteiger partial charge is 0.326 e. The first-order valence-corrected chi connectivity index (χ1v) is 7.19. The van der Waals surface area contributed by atoms with Gasteiger partial charge in [0.05, 0.1) is 0 Å². The topological polar surface area (TPSA) is 29.1 Å². The number of nitrogens with one attached hydrogen (secondary N) is 1. The second kappa shape index (κ2) is 6.58. The van der Waals surface area contributed by atoms with Crippen molar-refractivity contribution >= 4 is 11.6 Å². The van der Waals surface area contributed by atoms with Crippen molar-refractivity contribution in [3.05, 3.63) is 29.8 Å². The van der Waals surface area contributed by atoms with Gasteiger partial charge in [-0.1, -0.05) is 38.3 Å². The molecule has 1 aliphatic carbocycles. The highest BCUT2D eigenvalue weighted by molar-refractivity contribution is 5.90. The van der Waals surface area contributed by atoms with Crippen LogP contribution in [0.4, 0.5) is 5.69 Å². The van der Waals surface area contributed by atoms with E-state index in [2.05, 4.69) is 24.4 Å². The minimum Gasteiger partial charge on any atom is -0.326 e. The SMILES string of the molecule is CCCCCCC(=O)Nc1ccc(C2CC2)cc1. The summed E-state index contributed by atoms with van der Waals surface area (Å²) in [6, 6.07) is 8.34. The van der Waals surface area contributed by atoms with Crippen molar-refractivity contribution in [3.63, 3.8) is 0 Å². The Bertz CT molecular complexity index is 379. The van der Waals surface area contributed by atoms with Gasteiger partial charge in [-0.3, -0.25) is 4.79 Å². The summed E-state index contributed by atoms with van der Waals surface area (Å²) in [5, 5.41) is 2.97. The molecular weight excluding hydrogens is 222 g/mol. The molecule has 0 spiro atoms. The third-order valence-electron chi connectivity index (χ3n) is 3.50. The van der Waals surface area contributed by atoms with Crippen molar-refractivity contribution in [1.29, 1.82) is 0 Å². The minimum absolute atomic E-state index is 0.144. The molecule has 0 bridgehead atoms. The van der Waals surface area contributed by atoms with Crippen LogP contribution in [0.5, 0.6) is 0 Å². The van der Waals surface area contributed by atoms with Gasteiger partial charge in [-0.2, -0.15) is 0 Å². The van der Waals surface area contributed by atoms with Gasteiger partial charge in [-0.05, 0) is 42.9 Å². The third kappa shape index (κ3) is 4.17. The summed E-state index contributed by atoms with van der Waals surface area (Å²) in [6.45, 7) is 2.18. The maximum absolute atomic E-state index is 11.7. The summed E-state index contributed by atoms with van der Waals surface area (Å²) in [5.41, 5.74) is 2.34. The molecule has 0 aromatic heterocycles. The van der Waals surface area contributed by atoms with Gasteiger partial charge in [-0.25, -0.2) is 0 Å². The van der Waals surface area contributed by atoms with Gasteiger partial charge >= 0.3 is 0 Å². The first-order valence-electron chi connectivity index (χ1n) is 7.19. The third-order valence-corrected chi connectivity index (χ3v) is 3.50. The molecule has 1 aromatic carbocycles. The fourth-order valence-electron chi connectivity index (χ4n) is 2.19. The lowest BCUT2D eigenvalue weighted by Crippen LogP contribution is -2.10. The van der Waals surface area contributed by atoms with Gasteiger partial charge < -0.3 is 5.32 Å². The Morgan fingerprint density at radius 3 is 2.50 bits per heavy atom. The maximum atomic E-state index is 11.7. The molecule has 1 fully saturated rings. The number of hydrogen-bond donors (Lipinski definition) is 1. The Kier molecular flexibility index (Phi) is 4.80. The summed E-state index contributed by atoms with van der Waals surface area (Å²) in [6.07, 6.45) is 7.88. The first-order chi connectivity index (χ1) is 8.79. The fraction of sp³-hybridized carbons (Fsp3) is 0.562. The average molecular weight is 245 g/mol. The van der Waals surface area contributed by atoms with E-state index < -0.39 is 0 Å². The molecule has 1 aromatic rings. The summed E-state index contributed by atoms with van der Waals surface area (Å²) < 4.78 is 0. The lowest BCUT2D eigenvalue weighted by Gasteiger charge is -2.06. The van der Waals surface area contributed by atoms with Crippen molar-refractivity contribution < 1.29 is 4.79 Å². The predicted octanol–water partition coefficient (Wildman–Crippen LogP) is 4.47. The Hall–Kier alpha value is -1.31. The number of hydrogen-bond acceptors (Lipinski definition) is 1. The van der Waals surface area contributed by atoms with Crippen LogP contribution in [0.25, 0.3) is 0 Å². The molecular formula is C16H23NO. The van der Waals surface area contributed by atoms with Gasteiger partial charge in [-0.15, -0.1) is 0 Å². The van der Waals surface area contributed by atoms with Crippen molar-refractivity contribution in [2.75, 3.05) is 5.32 Å². The molecule has 2 nitrogen and oxygen atoms in total. The zero-order valence-corrected chi connectivity index (χ0v) is 11.2. The number of rotatable bonds is 7. The summed E-state index contributed by atoms with van der Waals surface area (Å²) in [5.74, 6) is 0.925. The molecule has 1 saturated carbocycles. The van der Waals surface area contributed by atoms with E-state index in [9.17, 15) is 4.79 Å². The second-order valence-corrected chi connectivity index (χ2v) is 5.26. The van der Waals surface area contributed by atoms with Crippen LogP contribution in [0.15, 0.2) is 24.3 Å². The van der Waals surface area contributed by atoms with Crippen LogP contribution in [0.2, 0.25) is 0 Å². The van der Waals surface area contributed by atoms with Crippen LogP contribution in [0.1, 0.15) is 63.4 Å². The smallest absolute Gasteiger partial charge is 0.224 e. The molecule has 2 heteroatoms. The van der Waals surface area contributed by atoms with E-state index >= 15 is 0 Å². The predicted molar refractivity (Wildman–Crippen MR) is 75.8 cm³/mol. The molecule has 0 heterocycles. The van der Waals surface area contributed by atoms with Gasteiger partial charge in [0, 0.05) is 12.1 Å². The highest BCUT2D eigenvalue weighted by Gasteiger charge is 2.22. The monoisotopic (exact) mass is 245 g/mol. The van der Waals surface area contributed by atoms with E-state index in [-0.39, 0.29) is 5.91 Å². The molecule has 2 rings (SSSR count). The molecule has 18 heavy (non-hydrogen) atoms. The van der Waals surface area contributed by atoms with Crippen LogP contribution in [-0.4, -0.2) is 5.91 Å². The van der Waals surface area contributed by atoms with E-state index in [1.807, 2.05) is 12.1 Å². The molecule has 1 N–H and O–H groups in total. The Morgan fingerprint density at radius 2 is 1.89 bits per heavy atom. The fourth-order valence-corrected chi connectivity index (χ4v) is 2.19. The standard InChI is InChI=1S/C16H23NO/c1-2-3-4-5-6-16(18)17-15-11-9-14(10-12-15)13-7-8-13/h9-13H,2-8H2,1H3,(H,17,18). The van der Waals surface area contributed by atoms with Gasteiger partial charge in [0.15, 0.2) is 0 Å². The van der Waals surface area contributed by atoms with E-state index in [0.29, 0.717) is 6.42 Å². The lowest BCUT2D eigenvalue weighted by atomic mass is 10.1. The molecule has 1 amide bonds. The zero-order valence-electron chi connectivity index (χ0n) is 11.2. The number of carbonyl (C=O) groups is 1. The number of carbonyl (C=O) groups excluding carboxylic acids is 1. The normalized spacial score (nSPS) is 14.5. The van der Waals surface area contributed by atoms with Crippen LogP contribution >= 0.6 is 0 Å². The van der Waals surface area contributed by atoms with Crippen molar-refractivity contribution in [2.45, 2.75) is 57.8 Å². The lowest BCUT2D eigenvalue weighted by molar-refractivity contribution is -0.116. The summed E-state index contributed by atoms with van der Waals surface area (Å²) in [4.78, 5) is 11.7. The van der Waals surface area contributed by atoms with E-state index in [1.165, 1.54) is 31.2 Å². The number of benzene rings is 1. The highest BCUT2D eigenvalue weighted by atomic mass is 16.1. The highest BCUT2D eigenvalue weighted by Crippen LogP contribution is 2.40. The minimum atomic E-state index is 0.144. The molecule has 0 radical (unpaired) electrons. The zero-order chi connectivity index (χ0) is 12.8. The van der Waals surface area contributed by atoms with Crippen molar-refractivity contribution in [2.24, 2.45) is 0 Å². The van der Waals surface area contributed by atoms with E-state index in [4.69, 9.17) is 0 Å². The Labute approximate surface area is 110 Å². The molecule has 98 valence electrons. The van der Waals surface area contributed by atoms with Crippen LogP contribution in [0, 0.1) is 0 Å². The van der Waals surface area contributed by atoms with Crippen molar-refractivity contribution in [3.8, 4) is 0 Å². The maximum Gasteiger partial charge on any atom is 0.224 e. The molecule has 0 aliphatic heterocycles. The Morgan fingerprint density at radius 1 is 1.17 bits per heavy atom. The van der Waals surface area contributed by atoms with Crippen LogP contribution < -0.4 is 5.32 Å². The molecule has 1 aliphatic rings. The van der Waals surface area contributed by atoms with Gasteiger partial charge in [0.25, 0.3) is 0 Å². The summed E-state index contributed by atoms with van der Waals surface area (Å²) in [7, 11) is 0. The first kappa shape index (κ1) is 13.1. The second-order valence-electron chi connectivity index (χ2n) is 5.26. The van der Waals surface area contributed by atoms with Gasteiger partial charge in [0.1, 0.15) is 0 Å².